The summed E-state index contributed by atoms with van der Waals surface area (Å²) >= 11 is 6.40. The molecule has 4 rings (SSSR count). The van der Waals surface area contributed by atoms with Crippen molar-refractivity contribution in [3.8, 4) is 0 Å². The van der Waals surface area contributed by atoms with Crippen molar-refractivity contribution >= 4 is 46.4 Å². The Morgan fingerprint density at radius 3 is 2.75 bits per heavy atom. The highest BCUT2D eigenvalue weighted by Gasteiger charge is 2.30. The summed E-state index contributed by atoms with van der Waals surface area (Å²) in [5.41, 5.74) is 2.75. The highest BCUT2D eigenvalue weighted by Crippen LogP contribution is 2.34. The fourth-order valence-corrected chi connectivity index (χ4v) is 3.86. The number of nitrogens with one attached hydrogen (secondary N) is 3. The molecule has 0 aliphatic carbocycles. The number of hydrogen-bond donors (Lipinski definition) is 3. The van der Waals surface area contributed by atoms with Gasteiger partial charge in [-0.2, -0.15) is 0 Å². The monoisotopic (exact) mass is 398 g/mol. The lowest BCUT2D eigenvalue weighted by Gasteiger charge is -2.29. The first-order valence-corrected chi connectivity index (χ1v) is 9.40. The van der Waals surface area contributed by atoms with E-state index in [1.54, 1.807) is 24.3 Å². The van der Waals surface area contributed by atoms with Crippen molar-refractivity contribution in [2.24, 2.45) is 0 Å². The van der Waals surface area contributed by atoms with Crippen LogP contribution in [0, 0.1) is 0 Å². The molecule has 8 heteroatoms. The number of amides is 3. The molecule has 0 bridgehead atoms. The van der Waals surface area contributed by atoms with E-state index in [1.165, 1.54) is 0 Å². The second-order valence-corrected chi connectivity index (χ2v) is 7.23. The van der Waals surface area contributed by atoms with E-state index in [2.05, 4.69) is 16.0 Å². The molecule has 0 unspecified atom stereocenters. The molecule has 1 saturated heterocycles. The van der Waals surface area contributed by atoms with Crippen LogP contribution < -0.4 is 20.9 Å². The van der Waals surface area contributed by atoms with Gasteiger partial charge in [0, 0.05) is 30.9 Å². The maximum Gasteiger partial charge on any atom is 0.239 e. The van der Waals surface area contributed by atoms with Crippen molar-refractivity contribution in [1.82, 2.24) is 5.32 Å². The summed E-state index contributed by atoms with van der Waals surface area (Å²) in [5.74, 6) is -1.05. The summed E-state index contributed by atoms with van der Waals surface area (Å²) in [5, 5.41) is 8.87. The molecular formula is C20H19ClN4O3. The zero-order valence-corrected chi connectivity index (χ0v) is 15.8. The van der Waals surface area contributed by atoms with Gasteiger partial charge in [-0.25, -0.2) is 0 Å². The van der Waals surface area contributed by atoms with Crippen molar-refractivity contribution in [3.63, 3.8) is 0 Å². The van der Waals surface area contributed by atoms with E-state index in [0.717, 1.165) is 11.3 Å². The normalized spacial score (nSPS) is 18.8. The number of hydrogen-bond acceptors (Lipinski definition) is 4. The molecule has 3 N–H and O–H groups in total. The molecule has 0 radical (unpaired) electrons. The van der Waals surface area contributed by atoms with Crippen molar-refractivity contribution in [3.05, 3.63) is 53.1 Å². The molecule has 2 aromatic carbocycles. The largest absolute Gasteiger partial charge is 0.359 e. The number of fused-ring (bicyclic) bond motifs is 1. The summed E-state index contributed by atoms with van der Waals surface area (Å²) in [6.45, 7) is 1.49. The number of piperazine rings is 1. The third-order valence-corrected chi connectivity index (χ3v) is 5.21. The Morgan fingerprint density at radius 2 is 1.96 bits per heavy atom. The van der Waals surface area contributed by atoms with Gasteiger partial charge in [0.2, 0.25) is 17.7 Å². The zero-order chi connectivity index (χ0) is 19.7. The fourth-order valence-electron chi connectivity index (χ4n) is 3.56. The molecule has 144 valence electrons. The van der Waals surface area contributed by atoms with Crippen LogP contribution in [0.25, 0.3) is 0 Å². The quantitative estimate of drug-likeness (QED) is 0.740. The highest BCUT2D eigenvalue weighted by molar-refractivity contribution is 6.33. The van der Waals surface area contributed by atoms with E-state index in [4.69, 9.17) is 11.6 Å². The SMILES string of the molecule is O=C1CN(c2ccc(NC(=O)[C@H]3CC(=O)Nc4ccccc43)cc2Cl)CCN1. The van der Waals surface area contributed by atoms with Crippen molar-refractivity contribution in [2.75, 3.05) is 35.2 Å². The molecule has 7 nitrogen and oxygen atoms in total. The van der Waals surface area contributed by atoms with Crippen LogP contribution in [0.2, 0.25) is 5.02 Å². The molecule has 0 saturated carbocycles. The van der Waals surface area contributed by atoms with E-state index < -0.39 is 5.92 Å². The van der Waals surface area contributed by atoms with Gasteiger partial charge in [0.15, 0.2) is 0 Å². The van der Waals surface area contributed by atoms with Crippen LogP contribution in [0.15, 0.2) is 42.5 Å². The minimum absolute atomic E-state index is 0.0473. The maximum absolute atomic E-state index is 12.8. The summed E-state index contributed by atoms with van der Waals surface area (Å²) in [4.78, 5) is 38.2. The van der Waals surface area contributed by atoms with Gasteiger partial charge in [-0.3, -0.25) is 14.4 Å². The van der Waals surface area contributed by atoms with E-state index in [1.807, 2.05) is 23.1 Å². The lowest BCUT2D eigenvalue weighted by atomic mass is 9.90. The van der Waals surface area contributed by atoms with Gasteiger partial charge in [0.05, 0.1) is 23.2 Å². The van der Waals surface area contributed by atoms with Gasteiger partial charge in [-0.1, -0.05) is 29.8 Å². The molecule has 2 aromatic rings. The third kappa shape index (κ3) is 3.66. The minimum atomic E-state index is -0.561. The van der Waals surface area contributed by atoms with Gasteiger partial charge >= 0.3 is 0 Å². The number of halogens is 1. The average Bonchev–Trinajstić information content (AvgIpc) is 2.67. The third-order valence-electron chi connectivity index (χ3n) is 4.91. The van der Waals surface area contributed by atoms with Crippen LogP contribution in [0.1, 0.15) is 17.9 Å². The standard InChI is InChI=1S/C20H19ClN4O3/c21-15-9-12(5-6-17(15)25-8-7-22-19(27)11-25)23-20(28)14-10-18(26)24-16-4-2-1-3-13(14)16/h1-6,9,14H,7-8,10-11H2,(H,22,27)(H,23,28)(H,24,26)/t14-/m0/s1. The molecule has 3 amide bonds. The van der Waals surface area contributed by atoms with Crippen LogP contribution in [0.4, 0.5) is 17.1 Å². The number of anilines is 3. The zero-order valence-electron chi connectivity index (χ0n) is 15.0. The lowest BCUT2D eigenvalue weighted by Crippen LogP contribution is -2.47. The summed E-state index contributed by atoms with van der Waals surface area (Å²) in [6.07, 6.45) is 0.0948. The average molecular weight is 399 g/mol. The van der Waals surface area contributed by atoms with Crippen LogP contribution in [-0.2, 0) is 14.4 Å². The first-order chi connectivity index (χ1) is 13.5. The van der Waals surface area contributed by atoms with Gasteiger partial charge in [0.1, 0.15) is 0 Å². The molecule has 28 heavy (non-hydrogen) atoms. The van der Waals surface area contributed by atoms with E-state index in [9.17, 15) is 14.4 Å². The fraction of sp³-hybridized carbons (Fsp3) is 0.250. The lowest BCUT2D eigenvalue weighted by molar-refractivity contribution is -0.123. The second kappa shape index (κ2) is 7.52. The van der Waals surface area contributed by atoms with E-state index in [-0.39, 0.29) is 30.7 Å². The van der Waals surface area contributed by atoms with E-state index >= 15 is 0 Å². The molecular weight excluding hydrogens is 380 g/mol. The Balaban J connectivity index is 1.52. The van der Waals surface area contributed by atoms with Gasteiger partial charge < -0.3 is 20.9 Å². The Morgan fingerprint density at radius 1 is 1.14 bits per heavy atom. The predicted molar refractivity (Wildman–Crippen MR) is 108 cm³/mol. The number of para-hydroxylation sites is 1. The number of carbonyl (C=O) groups excluding carboxylic acids is 3. The topological polar surface area (TPSA) is 90.5 Å². The first kappa shape index (κ1) is 18.3. The number of benzene rings is 2. The molecule has 2 aliphatic rings. The molecule has 1 fully saturated rings. The predicted octanol–water partition coefficient (Wildman–Crippen LogP) is 2.34. The molecule has 0 aromatic heterocycles. The van der Waals surface area contributed by atoms with Crippen molar-refractivity contribution < 1.29 is 14.4 Å². The minimum Gasteiger partial charge on any atom is -0.359 e. The first-order valence-electron chi connectivity index (χ1n) is 9.02. The second-order valence-electron chi connectivity index (χ2n) is 6.82. The van der Waals surface area contributed by atoms with Gasteiger partial charge in [-0.05, 0) is 29.8 Å². The van der Waals surface area contributed by atoms with Crippen LogP contribution in [-0.4, -0.2) is 37.4 Å². The van der Waals surface area contributed by atoms with Crippen LogP contribution >= 0.6 is 11.6 Å². The van der Waals surface area contributed by atoms with Crippen molar-refractivity contribution in [1.29, 1.82) is 0 Å². The van der Waals surface area contributed by atoms with Crippen LogP contribution in [0.3, 0.4) is 0 Å². The molecule has 2 heterocycles. The number of nitrogens with zero attached hydrogens (tertiary/aromatic N) is 1. The summed E-state index contributed by atoms with van der Waals surface area (Å²) in [6, 6.07) is 12.5. The van der Waals surface area contributed by atoms with Gasteiger partial charge in [-0.15, -0.1) is 0 Å². The van der Waals surface area contributed by atoms with E-state index in [0.29, 0.717) is 29.5 Å². The Hall–Kier alpha value is -3.06. The summed E-state index contributed by atoms with van der Waals surface area (Å²) in [7, 11) is 0. The summed E-state index contributed by atoms with van der Waals surface area (Å²) < 4.78 is 0. The molecule has 0 spiro atoms. The van der Waals surface area contributed by atoms with Gasteiger partial charge in [0.25, 0.3) is 0 Å². The number of rotatable bonds is 3. The Labute approximate surface area is 167 Å². The molecule has 1 atom stereocenters. The Bertz CT molecular complexity index is 962. The Kier molecular flexibility index (Phi) is 4.92. The smallest absolute Gasteiger partial charge is 0.239 e. The molecule has 2 aliphatic heterocycles. The van der Waals surface area contributed by atoms with Crippen molar-refractivity contribution in [2.45, 2.75) is 12.3 Å². The van der Waals surface area contributed by atoms with Crippen LogP contribution in [0.5, 0.6) is 0 Å². The maximum atomic E-state index is 12.8. The number of carbonyl (C=O) groups is 3. The highest BCUT2D eigenvalue weighted by atomic mass is 35.5.